The summed E-state index contributed by atoms with van der Waals surface area (Å²) in [6.45, 7) is 2.85. The van der Waals surface area contributed by atoms with Crippen LogP contribution in [0.1, 0.15) is 438 Å². The average Bonchev–Trinajstić information content (AvgIpc) is 0.789. The number of aliphatic hydroxyl groups excluding tert-OH is 8. The fourth-order valence-corrected chi connectivity index (χ4v) is 15.3. The summed E-state index contributed by atoms with van der Waals surface area (Å²) in [6.07, 6.45) is 86.8. The molecule has 12 unspecified atom stereocenters. The molecule has 2 aliphatic heterocycles. The highest BCUT2D eigenvalue weighted by molar-refractivity contribution is 5.76. The lowest BCUT2D eigenvalue weighted by atomic mass is 9.97. The van der Waals surface area contributed by atoms with Gasteiger partial charge in [0.1, 0.15) is 48.8 Å². The van der Waals surface area contributed by atoms with Gasteiger partial charge in [0.25, 0.3) is 0 Å². The first-order valence-corrected chi connectivity index (χ1v) is 45.9. The molecule has 2 heterocycles. The van der Waals surface area contributed by atoms with Crippen molar-refractivity contribution >= 4 is 5.91 Å². The Morgan fingerprint density at radius 3 is 0.925 bits per heavy atom. The van der Waals surface area contributed by atoms with Gasteiger partial charge in [0.05, 0.1) is 32.0 Å². The minimum absolute atomic E-state index is 0.244. The Labute approximate surface area is 652 Å². The lowest BCUT2D eigenvalue weighted by Crippen LogP contribution is -2.65. The Kier molecular flexibility index (Phi) is 71.4. The topological polar surface area (TPSA) is 228 Å². The molecule has 2 saturated heterocycles. The molecule has 14 heteroatoms. The van der Waals surface area contributed by atoms with E-state index >= 15 is 0 Å². The first-order valence-electron chi connectivity index (χ1n) is 45.9. The molecular formula is C92H173NO13. The van der Waals surface area contributed by atoms with E-state index in [1.165, 1.54) is 360 Å². The molecule has 0 spiro atoms. The number of carbonyl (C=O) groups excluding carboxylic acids is 1. The van der Waals surface area contributed by atoms with Crippen molar-refractivity contribution in [2.45, 2.75) is 511 Å². The van der Waals surface area contributed by atoms with Gasteiger partial charge < -0.3 is 65.1 Å². The van der Waals surface area contributed by atoms with Gasteiger partial charge in [-0.15, -0.1) is 0 Å². The maximum atomic E-state index is 13.4. The summed E-state index contributed by atoms with van der Waals surface area (Å²) in [5, 5.41) is 87.8. The number of hydrogen-bond acceptors (Lipinski definition) is 13. The van der Waals surface area contributed by atoms with Gasteiger partial charge in [-0.25, -0.2) is 0 Å². The zero-order chi connectivity index (χ0) is 76.5. The highest BCUT2D eigenvalue weighted by Crippen LogP contribution is 2.31. The minimum Gasteiger partial charge on any atom is -0.394 e. The van der Waals surface area contributed by atoms with Crippen LogP contribution in [0.15, 0.2) is 48.6 Å². The molecule has 0 bridgehead atoms. The van der Waals surface area contributed by atoms with Gasteiger partial charge in [-0.05, 0) is 70.6 Å². The Morgan fingerprint density at radius 2 is 0.604 bits per heavy atom. The summed E-state index contributed by atoms with van der Waals surface area (Å²) in [5.41, 5.74) is 0. The van der Waals surface area contributed by atoms with E-state index in [1.54, 1.807) is 6.08 Å². The normalized spacial score (nSPS) is 21.5. The number of rotatable bonds is 79. The van der Waals surface area contributed by atoms with Crippen molar-refractivity contribution in [3.63, 3.8) is 0 Å². The van der Waals surface area contributed by atoms with Crippen LogP contribution in [0.5, 0.6) is 0 Å². The molecule has 0 aromatic rings. The van der Waals surface area contributed by atoms with Crippen LogP contribution >= 0.6 is 0 Å². The summed E-state index contributed by atoms with van der Waals surface area (Å²) in [4.78, 5) is 13.4. The average molecular weight is 1500 g/mol. The molecule has 2 rings (SSSR count). The van der Waals surface area contributed by atoms with Crippen molar-refractivity contribution in [2.24, 2.45) is 0 Å². The molecule has 0 aromatic heterocycles. The van der Waals surface area contributed by atoms with E-state index in [2.05, 4.69) is 55.6 Å². The highest BCUT2D eigenvalue weighted by atomic mass is 16.7. The van der Waals surface area contributed by atoms with E-state index < -0.39 is 86.8 Å². The molecule has 14 nitrogen and oxygen atoms in total. The third-order valence-electron chi connectivity index (χ3n) is 22.5. The number of allylic oxidation sites excluding steroid dienone is 7. The van der Waals surface area contributed by atoms with Crippen LogP contribution in [0.4, 0.5) is 0 Å². The van der Waals surface area contributed by atoms with Crippen molar-refractivity contribution in [2.75, 3.05) is 19.8 Å². The van der Waals surface area contributed by atoms with E-state index in [0.717, 1.165) is 44.9 Å². The van der Waals surface area contributed by atoms with Gasteiger partial charge in [-0.2, -0.15) is 0 Å². The fraction of sp³-hybridized carbons (Fsp3) is 0.902. The number of carbonyl (C=O) groups is 1. The molecule has 106 heavy (non-hydrogen) atoms. The highest BCUT2D eigenvalue weighted by Gasteiger charge is 2.51. The van der Waals surface area contributed by atoms with Crippen LogP contribution < -0.4 is 5.32 Å². The first kappa shape index (κ1) is 100. The van der Waals surface area contributed by atoms with Crippen LogP contribution in [0.25, 0.3) is 0 Å². The Hall–Kier alpha value is -2.05. The quantitative estimate of drug-likeness (QED) is 0.0204. The lowest BCUT2D eigenvalue weighted by Gasteiger charge is -2.46. The fourth-order valence-electron chi connectivity index (χ4n) is 15.3. The molecule has 0 radical (unpaired) electrons. The van der Waals surface area contributed by atoms with Crippen LogP contribution in [0, 0.1) is 0 Å². The van der Waals surface area contributed by atoms with Crippen molar-refractivity contribution in [3.8, 4) is 0 Å². The second-order valence-electron chi connectivity index (χ2n) is 32.4. The van der Waals surface area contributed by atoms with Gasteiger partial charge in [0.2, 0.25) is 5.91 Å². The molecular weight excluding hydrogens is 1330 g/mol. The van der Waals surface area contributed by atoms with E-state index in [-0.39, 0.29) is 18.9 Å². The standard InChI is InChI=1S/C92H173NO13/c1-3-5-7-9-11-13-15-17-19-21-23-25-27-29-31-33-35-37-38-39-40-41-42-44-46-48-50-52-54-56-58-60-62-64-66-68-70-72-74-76-84(97)93-80(79-103-91-89(102)87(100)90(83(78-95)105-91)106-92-88(101)86(99)85(98)82(77-94)104-92)81(96)75-73-71-69-67-65-63-61-59-57-55-53-51-49-47-45-43-36-34-32-30-28-26-24-22-20-18-16-14-12-10-8-6-4-2/h21,23,57,59,65,67,73,75,80-83,85-92,94-96,98-102H,3-20,22,24-56,58,60-64,66,68-72,74,76-79H2,1-2H3,(H,93,97)/b23-21-,59-57+,67-65+,75-73+. The number of aliphatic hydroxyl groups is 8. The number of amides is 1. The molecule has 1 amide bonds. The Morgan fingerprint density at radius 1 is 0.330 bits per heavy atom. The van der Waals surface area contributed by atoms with Gasteiger partial charge in [0.15, 0.2) is 12.6 Å². The third-order valence-corrected chi connectivity index (χ3v) is 22.5. The van der Waals surface area contributed by atoms with Crippen molar-refractivity contribution in [3.05, 3.63) is 48.6 Å². The zero-order valence-corrected chi connectivity index (χ0v) is 69.0. The molecule has 2 fully saturated rings. The van der Waals surface area contributed by atoms with Crippen LogP contribution in [0.3, 0.4) is 0 Å². The summed E-state index contributed by atoms with van der Waals surface area (Å²) in [7, 11) is 0. The van der Waals surface area contributed by atoms with Crippen molar-refractivity contribution in [1.29, 1.82) is 0 Å². The summed E-state index contributed by atoms with van der Waals surface area (Å²) >= 11 is 0. The van der Waals surface area contributed by atoms with E-state index in [4.69, 9.17) is 18.9 Å². The molecule has 0 aromatic carbocycles. The third kappa shape index (κ3) is 57.0. The number of nitrogens with one attached hydrogen (secondary N) is 1. The van der Waals surface area contributed by atoms with E-state index in [9.17, 15) is 45.6 Å². The van der Waals surface area contributed by atoms with Gasteiger partial charge in [0, 0.05) is 6.42 Å². The molecule has 0 aliphatic carbocycles. The molecule has 624 valence electrons. The van der Waals surface area contributed by atoms with Gasteiger partial charge in [-0.3, -0.25) is 4.79 Å². The van der Waals surface area contributed by atoms with Gasteiger partial charge >= 0.3 is 0 Å². The first-order chi connectivity index (χ1) is 52.1. The number of ether oxygens (including phenoxy) is 4. The SMILES string of the molecule is CCCCCCCCCC/C=C\CCCCCCCCCCCCCCCCCCCCCCCCCCCCCC(=O)NC(COC1OC(CO)C(OC2OC(CO)C(O)C(O)C2O)C(O)C1O)C(O)/C=C/CC/C=C/CC/C=C/CCCCCCCCCCCCCCCCCCCCCCCCC. The molecule has 2 aliphatic rings. The predicted molar refractivity (Wildman–Crippen MR) is 443 cm³/mol. The number of hydrogen-bond donors (Lipinski definition) is 9. The molecule has 12 atom stereocenters. The maximum absolute atomic E-state index is 13.4. The van der Waals surface area contributed by atoms with Gasteiger partial charge in [-0.1, -0.05) is 409 Å². The second-order valence-corrected chi connectivity index (χ2v) is 32.4. The van der Waals surface area contributed by atoms with E-state index in [0.29, 0.717) is 12.8 Å². The zero-order valence-electron chi connectivity index (χ0n) is 69.0. The Balaban J connectivity index is 1.57. The number of unbranched alkanes of at least 4 members (excludes halogenated alkanes) is 60. The Bertz CT molecular complexity index is 1970. The lowest BCUT2D eigenvalue weighted by molar-refractivity contribution is -0.359. The monoisotopic (exact) mass is 1500 g/mol. The van der Waals surface area contributed by atoms with E-state index in [1.807, 2.05) is 6.08 Å². The van der Waals surface area contributed by atoms with Crippen molar-refractivity contribution < 1.29 is 64.6 Å². The van der Waals surface area contributed by atoms with Crippen LogP contribution in [0.2, 0.25) is 0 Å². The molecule has 0 saturated carbocycles. The van der Waals surface area contributed by atoms with Crippen molar-refractivity contribution in [1.82, 2.24) is 5.32 Å². The maximum Gasteiger partial charge on any atom is 0.220 e. The van der Waals surface area contributed by atoms with Crippen LogP contribution in [-0.2, 0) is 23.7 Å². The summed E-state index contributed by atoms with van der Waals surface area (Å²) in [5.74, 6) is -0.244. The van der Waals surface area contributed by atoms with Crippen LogP contribution in [-0.4, -0.2) is 140 Å². The molecule has 9 N–H and O–H groups in total. The smallest absolute Gasteiger partial charge is 0.220 e. The largest absolute Gasteiger partial charge is 0.394 e. The summed E-state index contributed by atoms with van der Waals surface area (Å²) < 4.78 is 22.9. The predicted octanol–water partition coefficient (Wildman–Crippen LogP) is 22.5. The summed E-state index contributed by atoms with van der Waals surface area (Å²) in [6, 6.07) is -0.940. The minimum atomic E-state index is -1.79. The second kappa shape index (κ2) is 75.6.